The van der Waals surface area contributed by atoms with Crippen molar-refractivity contribution < 1.29 is 38.4 Å². The van der Waals surface area contributed by atoms with E-state index in [2.05, 4.69) is 34.6 Å². The fraction of sp³-hybridized carbons (Fsp3) is 0.786. The van der Waals surface area contributed by atoms with E-state index in [0.717, 1.165) is 12.0 Å². The quantitative estimate of drug-likeness (QED) is 0.466. The van der Waals surface area contributed by atoms with Crippen LogP contribution in [-0.2, 0) is 23.8 Å². The van der Waals surface area contributed by atoms with Crippen LogP contribution >= 0.6 is 0 Å². The average molecular weight is 503 g/mol. The molecular weight excluding hydrogens is 464 g/mol. The molecule has 198 valence electrons. The minimum absolute atomic E-state index is 0.0932. The molecule has 3 heterocycles. The van der Waals surface area contributed by atoms with Gasteiger partial charge in [0.15, 0.2) is 6.10 Å². The van der Waals surface area contributed by atoms with Crippen molar-refractivity contribution >= 4 is 11.9 Å². The molecule has 5 fully saturated rings. The number of epoxide rings is 1. The maximum absolute atomic E-state index is 13.2. The van der Waals surface area contributed by atoms with Gasteiger partial charge in [0.25, 0.3) is 0 Å². The first-order valence-electron chi connectivity index (χ1n) is 13.2. The van der Waals surface area contributed by atoms with Gasteiger partial charge in [0.05, 0.1) is 24.7 Å². The van der Waals surface area contributed by atoms with Crippen molar-refractivity contribution in [1.82, 2.24) is 0 Å². The molecule has 2 aliphatic heterocycles. The van der Waals surface area contributed by atoms with Crippen LogP contribution in [0.5, 0.6) is 0 Å². The van der Waals surface area contributed by atoms with Crippen LogP contribution < -0.4 is 0 Å². The number of ether oxygens (including phenoxy) is 3. The lowest BCUT2D eigenvalue weighted by atomic mass is 9.34. The number of rotatable bonds is 2. The summed E-state index contributed by atoms with van der Waals surface area (Å²) in [7, 11) is 0. The van der Waals surface area contributed by atoms with Crippen molar-refractivity contribution in [3.8, 4) is 0 Å². The number of aliphatic hydroxyl groups is 2. The van der Waals surface area contributed by atoms with Crippen LogP contribution in [0.15, 0.2) is 23.0 Å². The van der Waals surface area contributed by atoms with Gasteiger partial charge in [-0.1, -0.05) is 34.6 Å². The fourth-order valence-electron chi connectivity index (χ4n) is 9.83. The van der Waals surface area contributed by atoms with Crippen LogP contribution in [0.4, 0.5) is 0 Å². The van der Waals surface area contributed by atoms with Crippen molar-refractivity contribution in [2.45, 2.75) is 103 Å². The van der Waals surface area contributed by atoms with E-state index in [1.165, 1.54) is 6.92 Å². The summed E-state index contributed by atoms with van der Waals surface area (Å²) in [5.74, 6) is -0.982. The van der Waals surface area contributed by atoms with Crippen molar-refractivity contribution in [2.24, 2.45) is 33.5 Å². The molecule has 3 aliphatic carbocycles. The first kappa shape index (κ1) is 24.4. The molecule has 2 N–H and O–H groups in total. The Hall–Kier alpha value is -1.90. The van der Waals surface area contributed by atoms with Crippen LogP contribution in [0, 0.1) is 33.5 Å². The van der Waals surface area contributed by atoms with E-state index in [4.69, 9.17) is 18.6 Å². The van der Waals surface area contributed by atoms with Gasteiger partial charge in [-0.25, -0.2) is 4.79 Å². The highest BCUT2D eigenvalue weighted by molar-refractivity contribution is 5.82. The van der Waals surface area contributed by atoms with E-state index >= 15 is 0 Å². The molecule has 2 unspecified atom stereocenters. The summed E-state index contributed by atoms with van der Waals surface area (Å²) < 4.78 is 23.7. The maximum Gasteiger partial charge on any atom is 0.339 e. The molecule has 0 radical (unpaired) electrons. The number of hydrogen-bond acceptors (Lipinski definition) is 8. The van der Waals surface area contributed by atoms with Crippen LogP contribution in [-0.4, -0.2) is 52.2 Å². The van der Waals surface area contributed by atoms with Gasteiger partial charge >= 0.3 is 11.9 Å². The third kappa shape index (κ3) is 2.56. The molecule has 11 atom stereocenters. The molecule has 1 spiro atoms. The molecule has 0 aromatic carbocycles. The highest BCUT2D eigenvalue weighted by Crippen LogP contribution is 2.80. The van der Waals surface area contributed by atoms with E-state index in [9.17, 15) is 19.8 Å². The molecule has 6 rings (SSSR count). The normalized spacial score (nSPS) is 52.7. The second-order valence-electron chi connectivity index (χ2n) is 13.2. The minimum atomic E-state index is -0.922. The highest BCUT2D eigenvalue weighted by Gasteiger charge is 2.88. The number of hydrogen-bond donors (Lipinski definition) is 2. The smallest absolute Gasteiger partial charge is 0.339 e. The Bertz CT molecular complexity index is 1100. The Morgan fingerprint density at radius 1 is 1.06 bits per heavy atom. The van der Waals surface area contributed by atoms with Gasteiger partial charge in [-0.05, 0) is 42.6 Å². The van der Waals surface area contributed by atoms with Gasteiger partial charge < -0.3 is 28.8 Å². The van der Waals surface area contributed by atoms with Gasteiger partial charge in [-0.2, -0.15) is 0 Å². The van der Waals surface area contributed by atoms with E-state index < -0.39 is 63.8 Å². The second-order valence-corrected chi connectivity index (χ2v) is 13.2. The third-order valence-electron chi connectivity index (χ3n) is 11.7. The standard InChI is InChI=1S/C28H38O8/c1-14(29)34-20-12-18(30)24(2,3)17-11-19(31)27(6)16(26(17,20)5)7-9-25(4)21(15-8-10-33-13-15)35-23(32)22-28(25,27)36-22/h8,10,13,16-22,30-31H,7,9,11-12H2,1-6H3/t16?,17?,18-,19-,20+,21+,22-,25+,26-,27+,28-/m1/s1. The predicted molar refractivity (Wildman–Crippen MR) is 126 cm³/mol. The molecule has 36 heavy (non-hydrogen) atoms. The third-order valence-corrected chi connectivity index (χ3v) is 11.7. The number of furan rings is 1. The van der Waals surface area contributed by atoms with Crippen molar-refractivity contribution in [3.05, 3.63) is 24.2 Å². The lowest BCUT2D eigenvalue weighted by Crippen LogP contribution is -2.75. The fourth-order valence-corrected chi connectivity index (χ4v) is 9.83. The molecule has 0 bridgehead atoms. The largest absolute Gasteiger partial charge is 0.472 e. The number of fused-ring (bicyclic) bond motifs is 3. The average Bonchev–Trinajstić information content (AvgIpc) is 3.37. The first-order chi connectivity index (χ1) is 16.8. The summed E-state index contributed by atoms with van der Waals surface area (Å²) in [4.78, 5) is 25.4. The molecule has 1 aromatic rings. The Morgan fingerprint density at radius 2 is 1.78 bits per heavy atom. The highest BCUT2D eigenvalue weighted by atomic mass is 16.7. The number of cyclic esters (lactones) is 1. The number of carbonyl (C=O) groups is 2. The molecule has 0 amide bonds. The van der Waals surface area contributed by atoms with Crippen molar-refractivity contribution in [3.63, 3.8) is 0 Å². The Labute approximate surface area is 211 Å². The Kier molecular flexibility index (Phi) is 4.85. The zero-order chi connectivity index (χ0) is 26.1. The summed E-state index contributed by atoms with van der Waals surface area (Å²) in [6.45, 7) is 11.8. The van der Waals surface area contributed by atoms with E-state index in [1.54, 1.807) is 12.5 Å². The lowest BCUT2D eigenvalue weighted by Gasteiger charge is -2.71. The predicted octanol–water partition coefficient (Wildman–Crippen LogP) is 3.55. The molecular formula is C28H38O8. The lowest BCUT2D eigenvalue weighted by molar-refractivity contribution is -0.295. The summed E-state index contributed by atoms with van der Waals surface area (Å²) in [5, 5.41) is 23.1. The number of aliphatic hydroxyl groups excluding tert-OH is 2. The molecule has 2 saturated heterocycles. The summed E-state index contributed by atoms with van der Waals surface area (Å²) in [6.07, 6.45) is 2.17. The zero-order valence-electron chi connectivity index (χ0n) is 21.9. The van der Waals surface area contributed by atoms with Crippen molar-refractivity contribution in [1.29, 1.82) is 0 Å². The van der Waals surface area contributed by atoms with Gasteiger partial charge in [-0.15, -0.1) is 0 Å². The van der Waals surface area contributed by atoms with E-state index in [-0.39, 0.29) is 17.8 Å². The molecule has 8 heteroatoms. The second kappa shape index (κ2) is 7.14. The Morgan fingerprint density at radius 3 is 2.42 bits per heavy atom. The van der Waals surface area contributed by atoms with Crippen LogP contribution in [0.2, 0.25) is 0 Å². The number of carbonyl (C=O) groups excluding carboxylic acids is 2. The first-order valence-corrected chi connectivity index (χ1v) is 13.2. The van der Waals surface area contributed by atoms with Gasteiger partial charge in [0, 0.05) is 35.2 Å². The molecule has 3 saturated carbocycles. The monoisotopic (exact) mass is 502 g/mol. The van der Waals surface area contributed by atoms with Gasteiger partial charge in [0.2, 0.25) is 0 Å². The van der Waals surface area contributed by atoms with Crippen molar-refractivity contribution in [2.75, 3.05) is 0 Å². The summed E-state index contributed by atoms with van der Waals surface area (Å²) in [6, 6.07) is 1.82. The van der Waals surface area contributed by atoms with E-state index in [0.29, 0.717) is 19.3 Å². The summed E-state index contributed by atoms with van der Waals surface area (Å²) >= 11 is 0. The summed E-state index contributed by atoms with van der Waals surface area (Å²) in [5.41, 5.74) is -2.52. The number of esters is 2. The Balaban J connectivity index is 1.51. The molecule has 1 aromatic heterocycles. The molecule has 8 nitrogen and oxygen atoms in total. The molecule has 5 aliphatic rings. The van der Waals surface area contributed by atoms with Gasteiger partial charge in [0.1, 0.15) is 17.8 Å². The van der Waals surface area contributed by atoms with Crippen LogP contribution in [0.25, 0.3) is 0 Å². The van der Waals surface area contributed by atoms with Crippen LogP contribution in [0.3, 0.4) is 0 Å². The maximum atomic E-state index is 13.2. The minimum Gasteiger partial charge on any atom is -0.472 e. The zero-order valence-corrected chi connectivity index (χ0v) is 21.9. The van der Waals surface area contributed by atoms with Gasteiger partial charge in [-0.3, -0.25) is 4.79 Å². The van der Waals surface area contributed by atoms with E-state index in [1.807, 2.05) is 6.07 Å². The van der Waals surface area contributed by atoms with Crippen LogP contribution in [0.1, 0.15) is 78.9 Å². The topological polar surface area (TPSA) is 119 Å². The SMILES string of the molecule is CC(=O)O[C@H]1C[C@@H](O)C(C)(C)C2C[C@@H](O)[C@]3(C)C(CC[C@@]4(C)[C@H](c5ccoc5)OC(=O)[C@H]5O[C@]543)[C@]21C.